The van der Waals surface area contributed by atoms with Gasteiger partial charge in [0.25, 0.3) is 5.91 Å². The van der Waals surface area contributed by atoms with Crippen molar-refractivity contribution in [2.24, 2.45) is 16.7 Å². The van der Waals surface area contributed by atoms with Gasteiger partial charge in [-0.1, -0.05) is 80.6 Å². The summed E-state index contributed by atoms with van der Waals surface area (Å²) in [4.78, 5) is 110. The van der Waals surface area contributed by atoms with Crippen molar-refractivity contribution in [3.63, 3.8) is 0 Å². The average molecular weight is 954 g/mol. The average Bonchev–Trinajstić information content (AvgIpc) is 3.30. The van der Waals surface area contributed by atoms with Gasteiger partial charge in [0.05, 0.1) is 42.4 Å². The fourth-order valence-corrected chi connectivity index (χ4v) is 10.7. The summed E-state index contributed by atoms with van der Waals surface area (Å²) in [6.45, 7) is 7.68. The van der Waals surface area contributed by atoms with Gasteiger partial charge in [-0.25, -0.2) is 9.59 Å². The molecule has 11 atom stereocenters. The topological polar surface area (TPSA) is 265 Å². The van der Waals surface area contributed by atoms with Gasteiger partial charge in [0.15, 0.2) is 17.5 Å². The van der Waals surface area contributed by atoms with Crippen LogP contribution in [0.2, 0.25) is 0 Å². The third-order valence-electron chi connectivity index (χ3n) is 14.3. The van der Waals surface area contributed by atoms with Gasteiger partial charge in [0.2, 0.25) is 6.10 Å². The minimum absolute atomic E-state index is 0.0221. The maximum Gasteiger partial charge on any atom is 0.350 e. The smallest absolute Gasteiger partial charge is 0.350 e. The highest BCUT2D eigenvalue weighted by Crippen LogP contribution is 2.64. The highest BCUT2D eigenvalue weighted by molar-refractivity contribution is 5.96. The molecule has 4 aliphatic rings. The first kappa shape index (κ1) is 50.1. The molecule has 4 N–H and O–H groups in total. The van der Waals surface area contributed by atoms with Gasteiger partial charge in [-0.2, -0.15) is 0 Å². The standard InChI is InChI=1S/C51H55NO17/c1-27-33(66-47(62)41(67-37(58)23-22-36(56)57)39(30-16-10-7-11-17-30)52-45(60)31-18-12-8-13-19-31)25-51(63)44(68-46(61)32-20-14-9-15-21-32)42-49(6,34(55)24-35-50(42,26-64-35)69-29(3)54)43(59)40(65-28(2)53)38(27)48(51,4)5/h7-21,33-35,39-42,44,55,63H,22-26H2,1-6H3,(H,52,60)(H,56,57)/t33?,34-,35+,39?,40?,41?,42-,44-,49+,50-,51+/m0/s1. The minimum Gasteiger partial charge on any atom is -0.481 e. The first-order valence-electron chi connectivity index (χ1n) is 22.5. The Morgan fingerprint density at radius 2 is 1.41 bits per heavy atom. The monoisotopic (exact) mass is 953 g/mol. The molecule has 1 saturated heterocycles. The van der Waals surface area contributed by atoms with Crippen LogP contribution in [0.25, 0.3) is 0 Å². The number of esters is 5. The van der Waals surface area contributed by atoms with Crippen molar-refractivity contribution in [3.8, 4) is 0 Å². The van der Waals surface area contributed by atoms with Crippen molar-refractivity contribution in [3.05, 3.63) is 119 Å². The molecule has 3 aliphatic carbocycles. The van der Waals surface area contributed by atoms with Gasteiger partial charge < -0.3 is 49.1 Å². The van der Waals surface area contributed by atoms with Crippen LogP contribution in [0.3, 0.4) is 0 Å². The number of carbonyl (C=O) groups excluding carboxylic acids is 7. The maximum atomic E-state index is 15.7. The van der Waals surface area contributed by atoms with Gasteiger partial charge in [0.1, 0.15) is 30.0 Å². The molecule has 366 valence electrons. The number of Topliss-reactive ketones (excluding diaryl/α,β-unsaturated/α-hetero) is 1. The number of amides is 1. The predicted molar refractivity (Wildman–Crippen MR) is 238 cm³/mol. The molecule has 0 radical (unpaired) electrons. The molecule has 3 aromatic rings. The van der Waals surface area contributed by atoms with E-state index in [1.54, 1.807) is 66.7 Å². The lowest BCUT2D eigenvalue weighted by atomic mass is 9.44. The van der Waals surface area contributed by atoms with Gasteiger partial charge in [-0.15, -0.1) is 0 Å². The maximum absolute atomic E-state index is 15.7. The van der Waals surface area contributed by atoms with Crippen LogP contribution in [-0.2, 0) is 57.2 Å². The Morgan fingerprint density at radius 3 is 1.96 bits per heavy atom. The normalized spacial score (nSPS) is 29.7. The third-order valence-corrected chi connectivity index (χ3v) is 14.3. The Hall–Kier alpha value is -6.76. The van der Waals surface area contributed by atoms with Crippen LogP contribution < -0.4 is 5.32 Å². The molecule has 2 bridgehead atoms. The first-order chi connectivity index (χ1) is 32.6. The number of hydrogen-bond acceptors (Lipinski definition) is 16. The number of carboxylic acids is 1. The number of ketones is 1. The summed E-state index contributed by atoms with van der Waals surface area (Å²) in [5.74, 6) is -9.78. The van der Waals surface area contributed by atoms with Crippen molar-refractivity contribution >= 4 is 47.5 Å². The lowest BCUT2D eigenvalue weighted by Gasteiger charge is -2.67. The van der Waals surface area contributed by atoms with E-state index >= 15 is 9.59 Å². The predicted octanol–water partition coefficient (Wildman–Crippen LogP) is 4.15. The van der Waals surface area contributed by atoms with Crippen LogP contribution in [0.1, 0.15) is 99.5 Å². The van der Waals surface area contributed by atoms with Crippen LogP contribution in [-0.4, -0.2) is 117 Å². The van der Waals surface area contributed by atoms with Crippen LogP contribution in [0.15, 0.2) is 102 Å². The van der Waals surface area contributed by atoms with Crippen molar-refractivity contribution in [1.82, 2.24) is 5.32 Å². The SMILES string of the molecule is CC(=O)OC1C(=O)[C@@]2(C)[C@H]([C@H](OC(=O)c3ccccc3)[C@]3(O)CC(OC(=O)C(OC(=O)CCC(=O)O)C(NC(=O)c4ccccc4)c4ccccc4)C(C)=C1C3(C)C)[C@]1(OC(C)=O)CO[C@@H]1C[C@@H]2O. The van der Waals surface area contributed by atoms with Crippen LogP contribution >= 0.6 is 0 Å². The number of rotatable bonds is 14. The highest BCUT2D eigenvalue weighted by atomic mass is 16.6. The number of fused-ring (bicyclic) bond motifs is 5. The van der Waals surface area contributed by atoms with Crippen molar-refractivity contribution in [2.45, 2.75) is 121 Å². The Kier molecular flexibility index (Phi) is 14.0. The molecule has 3 aromatic carbocycles. The van der Waals surface area contributed by atoms with Gasteiger partial charge in [0, 0.05) is 37.7 Å². The zero-order valence-electron chi connectivity index (χ0n) is 38.9. The number of hydrogen-bond donors (Lipinski definition) is 4. The number of aliphatic carboxylic acids is 1. The Bertz CT molecular complexity index is 2550. The molecule has 69 heavy (non-hydrogen) atoms. The van der Waals surface area contributed by atoms with Gasteiger partial charge in [-0.05, 0) is 54.8 Å². The molecular weight excluding hydrogens is 899 g/mol. The lowest BCUT2D eigenvalue weighted by Crippen LogP contribution is -2.82. The summed E-state index contributed by atoms with van der Waals surface area (Å²) in [7, 11) is 0. The zero-order valence-corrected chi connectivity index (χ0v) is 38.9. The van der Waals surface area contributed by atoms with Gasteiger partial charge in [-0.3, -0.25) is 28.8 Å². The van der Waals surface area contributed by atoms with E-state index in [0.717, 1.165) is 13.8 Å². The summed E-state index contributed by atoms with van der Waals surface area (Å²) in [6.07, 6.45) is -12.5. The summed E-state index contributed by atoms with van der Waals surface area (Å²) in [5, 5.41) is 38.2. The van der Waals surface area contributed by atoms with Crippen molar-refractivity contribution in [2.75, 3.05) is 6.61 Å². The minimum atomic E-state index is -2.50. The molecule has 2 saturated carbocycles. The van der Waals surface area contributed by atoms with E-state index in [0.29, 0.717) is 0 Å². The molecule has 0 aromatic heterocycles. The Balaban J connectivity index is 1.42. The van der Waals surface area contributed by atoms with Crippen LogP contribution in [0.4, 0.5) is 0 Å². The van der Waals surface area contributed by atoms with E-state index in [1.807, 2.05) is 0 Å². The molecule has 1 heterocycles. The molecule has 1 amide bonds. The lowest BCUT2D eigenvalue weighted by molar-refractivity contribution is -0.346. The Labute approximate surface area is 397 Å². The number of carbonyl (C=O) groups is 8. The number of aliphatic hydroxyl groups is 2. The second-order valence-electron chi connectivity index (χ2n) is 18.7. The second kappa shape index (κ2) is 19.3. The van der Waals surface area contributed by atoms with Crippen LogP contribution in [0.5, 0.6) is 0 Å². The number of benzene rings is 3. The molecular formula is C51H55NO17. The molecule has 1 aliphatic heterocycles. The third kappa shape index (κ3) is 9.15. The number of carboxylic acid groups (broad SMARTS) is 1. The molecule has 0 spiro atoms. The molecule has 18 heteroatoms. The highest BCUT2D eigenvalue weighted by Gasteiger charge is 2.78. The number of ether oxygens (including phenoxy) is 6. The molecule has 3 fully saturated rings. The van der Waals surface area contributed by atoms with E-state index in [-0.39, 0.29) is 40.9 Å². The zero-order chi connectivity index (χ0) is 50.2. The summed E-state index contributed by atoms with van der Waals surface area (Å²) >= 11 is 0. The second-order valence-corrected chi connectivity index (χ2v) is 18.7. The summed E-state index contributed by atoms with van der Waals surface area (Å²) in [5.41, 5.74) is -7.77. The van der Waals surface area contributed by atoms with E-state index in [9.17, 15) is 44.1 Å². The number of aliphatic hydroxyl groups excluding tert-OH is 1. The quantitative estimate of drug-likeness (QED) is 0.100. The fraction of sp³-hybridized carbons (Fsp3) is 0.451. The van der Waals surface area contributed by atoms with E-state index in [4.69, 9.17) is 28.4 Å². The summed E-state index contributed by atoms with van der Waals surface area (Å²) < 4.78 is 36.3. The first-order valence-corrected chi connectivity index (χ1v) is 22.5. The largest absolute Gasteiger partial charge is 0.481 e. The summed E-state index contributed by atoms with van der Waals surface area (Å²) in [6, 6.07) is 22.1. The van der Waals surface area contributed by atoms with Crippen LogP contribution in [0, 0.1) is 16.7 Å². The molecule has 7 rings (SSSR count). The van der Waals surface area contributed by atoms with Gasteiger partial charge >= 0.3 is 35.8 Å². The van der Waals surface area contributed by atoms with E-state index in [1.165, 1.54) is 52.0 Å². The molecule has 4 unspecified atom stereocenters. The Morgan fingerprint density at radius 1 is 0.812 bits per heavy atom. The number of nitrogens with one attached hydrogen (secondary N) is 1. The molecule has 18 nitrogen and oxygen atoms in total. The fourth-order valence-electron chi connectivity index (χ4n) is 10.7. The van der Waals surface area contributed by atoms with Crippen molar-refractivity contribution < 1.29 is 82.1 Å². The van der Waals surface area contributed by atoms with E-state index < -0.39 is 137 Å². The van der Waals surface area contributed by atoms with E-state index in [2.05, 4.69) is 5.32 Å². The van der Waals surface area contributed by atoms with Crippen molar-refractivity contribution in [1.29, 1.82) is 0 Å².